The predicted molar refractivity (Wildman–Crippen MR) is 226 cm³/mol. The van der Waals surface area contributed by atoms with E-state index in [1.54, 1.807) is 12.2 Å². The number of allylic oxidation sites excluding steroid dienone is 2. The van der Waals surface area contributed by atoms with Gasteiger partial charge in [-0.3, -0.25) is 23.4 Å². The molecule has 59 heavy (non-hydrogen) atoms. The number of esters is 2. The first-order chi connectivity index (χ1) is 28.3. The maximum atomic E-state index is 12.9. The van der Waals surface area contributed by atoms with Gasteiger partial charge in [-0.25, -0.2) is 4.57 Å². The number of hydrogen-bond acceptors (Lipinski definition) is 13. The highest BCUT2D eigenvalue weighted by Gasteiger charge is 2.41. The minimum Gasteiger partial charge on any atom is -0.462 e. The first-order valence-corrected chi connectivity index (χ1v) is 24.0. The molecule has 1 aliphatic carbocycles. The van der Waals surface area contributed by atoms with Crippen LogP contribution < -0.4 is 0 Å². The highest BCUT2D eigenvalue weighted by Crippen LogP contribution is 2.43. The van der Waals surface area contributed by atoms with Gasteiger partial charge in [-0.1, -0.05) is 109 Å². The van der Waals surface area contributed by atoms with Crippen LogP contribution in [-0.2, 0) is 37.5 Å². The summed E-state index contributed by atoms with van der Waals surface area (Å²) in [6.07, 6.45) is 22.0. The molecule has 0 aromatic rings. The van der Waals surface area contributed by atoms with Gasteiger partial charge in [-0.2, -0.15) is 0 Å². The number of unbranched alkanes of at least 4 members (excludes halogenated alkanes) is 14. The van der Waals surface area contributed by atoms with Crippen LogP contribution in [0.5, 0.6) is 0 Å². The van der Waals surface area contributed by atoms with E-state index in [1.165, 1.54) is 44.9 Å². The fraction of sp³-hybridized carbons (Fsp3) is 0.841. The summed E-state index contributed by atoms with van der Waals surface area (Å²) in [6, 6.07) is 0. The van der Waals surface area contributed by atoms with Crippen LogP contribution in [0.1, 0.15) is 168 Å². The van der Waals surface area contributed by atoms with Crippen LogP contribution in [0, 0.1) is 11.8 Å². The van der Waals surface area contributed by atoms with E-state index >= 15 is 0 Å². The highest BCUT2D eigenvalue weighted by atomic mass is 31.2. The van der Waals surface area contributed by atoms with E-state index < -0.39 is 88.5 Å². The first-order valence-electron chi connectivity index (χ1n) is 22.5. The predicted octanol–water partition coefficient (Wildman–Crippen LogP) is 7.34. The number of Topliss-reactive ketones (excluding diaryl/α,β-unsaturated/α-hetero) is 1. The van der Waals surface area contributed by atoms with Gasteiger partial charge in [0.1, 0.15) is 18.5 Å². The molecular formula is C44H79O14P. The average molecular weight is 863 g/mol. The number of rotatable bonds is 38. The molecule has 1 unspecified atom stereocenters. The Bertz CT molecular complexity index is 1210. The number of ketones is 1. The van der Waals surface area contributed by atoms with Crippen LogP contribution >= 0.6 is 7.82 Å². The number of ether oxygens (including phenoxy) is 2. The summed E-state index contributed by atoms with van der Waals surface area (Å²) in [5, 5.41) is 49.7. The van der Waals surface area contributed by atoms with Gasteiger partial charge in [-0.05, 0) is 51.4 Å². The summed E-state index contributed by atoms with van der Waals surface area (Å²) in [4.78, 5) is 48.1. The van der Waals surface area contributed by atoms with Gasteiger partial charge in [0, 0.05) is 43.9 Å². The summed E-state index contributed by atoms with van der Waals surface area (Å²) in [5.41, 5.74) is 0. The van der Waals surface area contributed by atoms with Crippen LogP contribution in [-0.4, -0.2) is 105 Å². The van der Waals surface area contributed by atoms with Crippen molar-refractivity contribution in [1.82, 2.24) is 0 Å². The van der Waals surface area contributed by atoms with Gasteiger partial charge in [0.25, 0.3) is 0 Å². The van der Waals surface area contributed by atoms with Gasteiger partial charge in [0.2, 0.25) is 0 Å². The van der Waals surface area contributed by atoms with E-state index in [4.69, 9.17) is 19.1 Å². The lowest BCUT2D eigenvalue weighted by molar-refractivity contribution is -0.161. The minimum absolute atomic E-state index is 0.0460. The molecule has 1 aliphatic rings. The van der Waals surface area contributed by atoms with Crippen LogP contribution in [0.2, 0.25) is 0 Å². The molecule has 0 saturated heterocycles. The fourth-order valence-corrected chi connectivity index (χ4v) is 7.77. The number of phosphoric acid groups is 1. The standard InChI is InChI=1S/C44H79O14P/c1-3-5-7-8-9-10-11-12-13-14-15-16-17-18-20-25-43(51)55-33-38(34-57-59(53,54)56-32-37(48)31-45)58-44(52)26-22-21-24-36(47)29-40-39(41(49)30-42(40)50)28-27-35(46)23-19-6-4-2/h10-11,27-28,35,37-42,45-46,48-50H,3-9,12-26,29-34H2,1-2H3,(H,53,54)/b11-10-,28-27+/t35-,37-,38+,39+,40+,41+,42-/m0/s1. The average Bonchev–Trinajstić information content (AvgIpc) is 3.47. The second kappa shape index (κ2) is 34.6. The van der Waals surface area contributed by atoms with Crippen molar-refractivity contribution in [3.8, 4) is 0 Å². The lowest BCUT2D eigenvalue weighted by Gasteiger charge is -2.21. The van der Waals surface area contributed by atoms with Gasteiger partial charge < -0.3 is 39.9 Å². The Balaban J connectivity index is 2.49. The molecule has 0 spiro atoms. The zero-order chi connectivity index (χ0) is 43.7. The monoisotopic (exact) mass is 863 g/mol. The van der Waals surface area contributed by atoms with Crippen molar-refractivity contribution in [1.29, 1.82) is 0 Å². The summed E-state index contributed by atoms with van der Waals surface area (Å²) in [5.74, 6) is -2.29. The van der Waals surface area contributed by atoms with Crippen LogP contribution in [0.25, 0.3) is 0 Å². The van der Waals surface area contributed by atoms with Crippen molar-refractivity contribution in [2.75, 3.05) is 26.4 Å². The van der Waals surface area contributed by atoms with Crippen molar-refractivity contribution >= 4 is 25.5 Å². The van der Waals surface area contributed by atoms with E-state index in [9.17, 15) is 44.3 Å². The SMILES string of the molecule is CCCCCC/C=C\CCCCCCCCCC(=O)OC[C@H](COP(=O)(O)OC[C@@H](O)CO)OC(=O)CCCCC(=O)C[C@@H]1[C@@H](/C=C/[C@@H](O)CCCCC)[C@H](O)C[C@@H]1O. The van der Waals surface area contributed by atoms with Gasteiger partial charge in [0.15, 0.2) is 6.10 Å². The van der Waals surface area contributed by atoms with E-state index in [-0.39, 0.29) is 44.3 Å². The smallest absolute Gasteiger partial charge is 0.462 e. The van der Waals surface area contributed by atoms with Crippen molar-refractivity contribution in [3.05, 3.63) is 24.3 Å². The summed E-state index contributed by atoms with van der Waals surface area (Å²) >= 11 is 0. The van der Waals surface area contributed by atoms with E-state index in [1.807, 2.05) is 0 Å². The molecule has 0 radical (unpaired) electrons. The normalized spacial score (nSPS) is 20.8. The van der Waals surface area contributed by atoms with Crippen LogP contribution in [0.4, 0.5) is 0 Å². The topological polar surface area (TPSA) is 227 Å². The molecule has 1 saturated carbocycles. The largest absolute Gasteiger partial charge is 0.472 e. The number of hydrogen-bond donors (Lipinski definition) is 6. The second-order valence-electron chi connectivity index (χ2n) is 16.0. The van der Waals surface area contributed by atoms with E-state index in [2.05, 4.69) is 30.5 Å². The Hall–Kier alpha value is -2.00. The molecule has 0 amide bonds. The molecular weight excluding hydrogens is 783 g/mol. The Labute approximate surface area is 353 Å². The molecule has 0 aromatic carbocycles. The van der Waals surface area contributed by atoms with Crippen LogP contribution in [0.15, 0.2) is 24.3 Å². The molecule has 15 heteroatoms. The Morgan fingerprint density at radius 1 is 0.712 bits per heavy atom. The molecule has 8 atom stereocenters. The molecule has 0 heterocycles. The summed E-state index contributed by atoms with van der Waals surface area (Å²) < 4.78 is 32.6. The quantitative estimate of drug-likeness (QED) is 0.0155. The van der Waals surface area contributed by atoms with E-state index in [0.29, 0.717) is 19.3 Å². The maximum absolute atomic E-state index is 12.9. The Morgan fingerprint density at radius 2 is 1.27 bits per heavy atom. The highest BCUT2D eigenvalue weighted by molar-refractivity contribution is 7.47. The third kappa shape index (κ3) is 29.0. The summed E-state index contributed by atoms with van der Waals surface area (Å²) in [7, 11) is -4.72. The maximum Gasteiger partial charge on any atom is 0.472 e. The minimum atomic E-state index is -4.72. The number of aliphatic hydroxyl groups is 5. The van der Waals surface area contributed by atoms with Gasteiger partial charge in [0.05, 0.1) is 38.1 Å². The van der Waals surface area contributed by atoms with Crippen molar-refractivity contribution in [3.63, 3.8) is 0 Å². The lowest BCUT2D eigenvalue weighted by Crippen LogP contribution is -2.30. The molecule has 1 fully saturated rings. The van der Waals surface area contributed by atoms with E-state index in [0.717, 1.165) is 51.4 Å². The van der Waals surface area contributed by atoms with Gasteiger partial charge in [-0.15, -0.1) is 0 Å². The molecule has 344 valence electrons. The van der Waals surface area contributed by atoms with Crippen LogP contribution in [0.3, 0.4) is 0 Å². The number of aliphatic hydroxyl groups excluding tert-OH is 5. The molecule has 0 aromatic heterocycles. The molecule has 0 bridgehead atoms. The van der Waals surface area contributed by atoms with Crippen molar-refractivity contribution in [2.24, 2.45) is 11.8 Å². The van der Waals surface area contributed by atoms with Gasteiger partial charge >= 0.3 is 19.8 Å². The first kappa shape index (κ1) is 55.0. The van der Waals surface area contributed by atoms with Crippen molar-refractivity contribution < 1.29 is 67.9 Å². The number of phosphoric ester groups is 1. The second-order valence-corrected chi connectivity index (χ2v) is 17.5. The lowest BCUT2D eigenvalue weighted by atomic mass is 9.87. The third-order valence-electron chi connectivity index (χ3n) is 10.6. The molecule has 0 aliphatic heterocycles. The Morgan fingerprint density at radius 3 is 1.93 bits per heavy atom. The molecule has 14 nitrogen and oxygen atoms in total. The molecule has 1 rings (SSSR count). The zero-order valence-electron chi connectivity index (χ0n) is 36.0. The number of carbonyl (C=O) groups excluding carboxylic acids is 3. The summed E-state index contributed by atoms with van der Waals surface area (Å²) in [6.45, 7) is 1.82. The number of carbonyl (C=O) groups is 3. The fourth-order valence-electron chi connectivity index (χ4n) is 6.98. The third-order valence-corrected chi connectivity index (χ3v) is 11.5. The zero-order valence-corrected chi connectivity index (χ0v) is 36.9. The Kier molecular flexibility index (Phi) is 32.2. The van der Waals surface area contributed by atoms with Crippen molar-refractivity contribution in [2.45, 2.75) is 198 Å². The molecule has 6 N–H and O–H groups in total.